The van der Waals surface area contributed by atoms with Crippen molar-refractivity contribution in [3.05, 3.63) is 35.1 Å². The minimum absolute atomic E-state index is 0.265. The number of hydrogen-bond acceptors (Lipinski definition) is 5. The summed E-state index contributed by atoms with van der Waals surface area (Å²) in [6.45, 7) is 4.06. The highest BCUT2D eigenvalue weighted by Crippen LogP contribution is 2.27. The topological polar surface area (TPSA) is 41.9 Å². The maximum atomic E-state index is 6.06. The van der Waals surface area contributed by atoms with Crippen LogP contribution in [-0.2, 0) is 0 Å². The molecule has 0 N–H and O–H groups in total. The van der Waals surface area contributed by atoms with Gasteiger partial charge in [-0.25, -0.2) is 0 Å². The summed E-state index contributed by atoms with van der Waals surface area (Å²) >= 11 is 7.59. The number of hydrogen-bond donors (Lipinski definition) is 0. The van der Waals surface area contributed by atoms with E-state index in [9.17, 15) is 0 Å². The molecule has 21 heavy (non-hydrogen) atoms. The van der Waals surface area contributed by atoms with E-state index in [-0.39, 0.29) is 5.28 Å². The van der Waals surface area contributed by atoms with E-state index < -0.39 is 0 Å². The normalized spacial score (nSPS) is 15.2. The Labute approximate surface area is 134 Å². The van der Waals surface area contributed by atoms with E-state index in [1.807, 2.05) is 6.07 Å². The Bertz CT molecular complexity index is 629. The zero-order chi connectivity index (χ0) is 14.7. The van der Waals surface area contributed by atoms with E-state index in [1.54, 1.807) is 0 Å². The second-order valence-corrected chi connectivity index (χ2v) is 6.53. The van der Waals surface area contributed by atoms with Crippen LogP contribution >= 0.6 is 23.4 Å². The van der Waals surface area contributed by atoms with Crippen molar-refractivity contribution >= 4 is 29.3 Å². The molecule has 110 valence electrons. The summed E-state index contributed by atoms with van der Waals surface area (Å²) in [5.41, 5.74) is 1.22. The van der Waals surface area contributed by atoms with Crippen molar-refractivity contribution in [3.63, 3.8) is 0 Å². The predicted molar refractivity (Wildman–Crippen MR) is 86.2 cm³/mol. The molecule has 4 nitrogen and oxygen atoms in total. The average Bonchev–Trinajstić information content (AvgIpc) is 2.47. The van der Waals surface area contributed by atoms with Crippen LogP contribution in [0.4, 0.5) is 5.95 Å². The Morgan fingerprint density at radius 2 is 1.90 bits per heavy atom. The number of anilines is 1. The Morgan fingerprint density at radius 3 is 2.67 bits per heavy atom. The first-order valence-corrected chi connectivity index (χ1v) is 8.31. The zero-order valence-corrected chi connectivity index (χ0v) is 13.5. The van der Waals surface area contributed by atoms with Gasteiger partial charge in [-0.2, -0.15) is 15.0 Å². The number of halogens is 1. The van der Waals surface area contributed by atoms with E-state index in [0.29, 0.717) is 11.1 Å². The fourth-order valence-corrected chi connectivity index (χ4v) is 3.45. The minimum atomic E-state index is 0.265. The lowest BCUT2D eigenvalue weighted by atomic mass is 10.1. The van der Waals surface area contributed by atoms with Crippen molar-refractivity contribution in [2.45, 2.75) is 36.2 Å². The van der Waals surface area contributed by atoms with Gasteiger partial charge in [0.2, 0.25) is 11.2 Å². The highest BCUT2D eigenvalue weighted by molar-refractivity contribution is 7.99. The van der Waals surface area contributed by atoms with Gasteiger partial charge in [-0.1, -0.05) is 17.7 Å². The molecule has 1 aliphatic heterocycles. The molecule has 6 heteroatoms. The van der Waals surface area contributed by atoms with Crippen LogP contribution in [0.3, 0.4) is 0 Å². The van der Waals surface area contributed by atoms with Gasteiger partial charge >= 0.3 is 0 Å². The number of nitrogens with zero attached hydrogens (tertiary/aromatic N) is 4. The van der Waals surface area contributed by atoms with Crippen molar-refractivity contribution in [3.8, 4) is 0 Å². The van der Waals surface area contributed by atoms with Crippen LogP contribution in [-0.4, -0.2) is 28.0 Å². The van der Waals surface area contributed by atoms with E-state index in [2.05, 4.69) is 45.0 Å². The van der Waals surface area contributed by atoms with E-state index in [0.717, 1.165) is 18.0 Å². The molecule has 3 rings (SSSR count). The Kier molecular flexibility index (Phi) is 4.60. The molecular weight excluding hydrogens is 304 g/mol. The smallest absolute Gasteiger partial charge is 0.230 e. The molecule has 1 aliphatic rings. The Hall–Kier alpha value is -1.33. The summed E-state index contributed by atoms with van der Waals surface area (Å²) < 4.78 is 0. The number of rotatable bonds is 3. The van der Waals surface area contributed by atoms with Gasteiger partial charge < -0.3 is 4.90 Å². The van der Waals surface area contributed by atoms with Gasteiger partial charge in [0.25, 0.3) is 0 Å². The van der Waals surface area contributed by atoms with Gasteiger partial charge in [0.1, 0.15) is 0 Å². The maximum Gasteiger partial charge on any atom is 0.230 e. The van der Waals surface area contributed by atoms with Crippen LogP contribution in [0.25, 0.3) is 0 Å². The van der Waals surface area contributed by atoms with Gasteiger partial charge in [0.15, 0.2) is 5.16 Å². The van der Waals surface area contributed by atoms with Gasteiger partial charge in [0.05, 0.1) is 0 Å². The average molecular weight is 321 g/mol. The third kappa shape index (κ3) is 3.86. The number of aromatic nitrogens is 3. The number of piperidine rings is 1. The molecule has 0 amide bonds. The summed E-state index contributed by atoms with van der Waals surface area (Å²) in [4.78, 5) is 16.4. The van der Waals surface area contributed by atoms with Gasteiger partial charge in [-0.15, -0.1) is 0 Å². The van der Waals surface area contributed by atoms with Crippen molar-refractivity contribution in [2.24, 2.45) is 0 Å². The van der Waals surface area contributed by atoms with E-state index in [4.69, 9.17) is 11.6 Å². The molecule has 0 bridgehead atoms. The van der Waals surface area contributed by atoms with Gasteiger partial charge in [0, 0.05) is 18.0 Å². The highest BCUT2D eigenvalue weighted by atomic mass is 35.5. The van der Waals surface area contributed by atoms with Crippen molar-refractivity contribution in [1.29, 1.82) is 0 Å². The lowest BCUT2D eigenvalue weighted by Crippen LogP contribution is -2.31. The summed E-state index contributed by atoms with van der Waals surface area (Å²) in [6.07, 6.45) is 3.65. The molecule has 1 saturated heterocycles. The fraction of sp³-hybridized carbons (Fsp3) is 0.400. The van der Waals surface area contributed by atoms with E-state index in [1.165, 1.54) is 36.6 Å². The summed E-state index contributed by atoms with van der Waals surface area (Å²) in [7, 11) is 0. The monoisotopic (exact) mass is 320 g/mol. The third-order valence-electron chi connectivity index (χ3n) is 3.41. The molecule has 0 saturated carbocycles. The number of benzene rings is 1. The molecule has 0 radical (unpaired) electrons. The maximum absolute atomic E-state index is 6.06. The second-order valence-electron chi connectivity index (χ2n) is 5.15. The van der Waals surface area contributed by atoms with Crippen LogP contribution in [0.2, 0.25) is 5.28 Å². The van der Waals surface area contributed by atoms with Crippen LogP contribution < -0.4 is 4.90 Å². The first-order chi connectivity index (χ1) is 10.2. The molecular formula is C15H17ClN4S. The molecule has 1 aromatic heterocycles. The second kappa shape index (κ2) is 6.62. The SMILES string of the molecule is Cc1cccc(Sc2nc(Cl)nc(N3CCCCC3)n2)c1. The summed E-state index contributed by atoms with van der Waals surface area (Å²) in [6, 6.07) is 8.27. The summed E-state index contributed by atoms with van der Waals surface area (Å²) in [5, 5.41) is 0.918. The van der Waals surface area contributed by atoms with Gasteiger partial charge in [-0.05, 0) is 61.7 Å². The minimum Gasteiger partial charge on any atom is -0.341 e. The fourth-order valence-electron chi connectivity index (χ4n) is 2.39. The first-order valence-electron chi connectivity index (χ1n) is 7.12. The molecule has 0 atom stereocenters. The molecule has 0 aliphatic carbocycles. The van der Waals surface area contributed by atoms with E-state index >= 15 is 0 Å². The first kappa shape index (κ1) is 14.6. The predicted octanol–water partition coefficient (Wildman–Crippen LogP) is 3.97. The molecule has 1 aromatic carbocycles. The molecule has 2 heterocycles. The van der Waals surface area contributed by atoms with Crippen LogP contribution in [0.1, 0.15) is 24.8 Å². The lowest BCUT2D eigenvalue weighted by Gasteiger charge is -2.26. The largest absolute Gasteiger partial charge is 0.341 e. The van der Waals surface area contributed by atoms with Crippen molar-refractivity contribution < 1.29 is 0 Å². The van der Waals surface area contributed by atoms with Gasteiger partial charge in [-0.3, -0.25) is 0 Å². The highest BCUT2D eigenvalue weighted by Gasteiger charge is 2.16. The molecule has 2 aromatic rings. The van der Waals surface area contributed by atoms with Crippen molar-refractivity contribution in [1.82, 2.24) is 15.0 Å². The standard InChI is InChI=1S/C15H17ClN4S/c1-11-6-5-7-12(10-11)21-15-18-13(16)17-14(19-15)20-8-3-2-4-9-20/h5-7,10H,2-4,8-9H2,1H3. The summed E-state index contributed by atoms with van der Waals surface area (Å²) in [5.74, 6) is 0.699. The Morgan fingerprint density at radius 1 is 1.10 bits per heavy atom. The van der Waals surface area contributed by atoms with Crippen LogP contribution in [0.15, 0.2) is 34.3 Å². The molecule has 0 unspecified atom stereocenters. The lowest BCUT2D eigenvalue weighted by molar-refractivity contribution is 0.564. The van der Waals surface area contributed by atoms with Crippen LogP contribution in [0, 0.1) is 6.92 Å². The molecule has 1 fully saturated rings. The molecule has 0 spiro atoms. The number of aryl methyl sites for hydroxylation is 1. The van der Waals surface area contributed by atoms with Crippen LogP contribution in [0.5, 0.6) is 0 Å². The quantitative estimate of drug-likeness (QED) is 0.855. The van der Waals surface area contributed by atoms with Crippen molar-refractivity contribution in [2.75, 3.05) is 18.0 Å². The zero-order valence-electron chi connectivity index (χ0n) is 11.9. The Balaban J connectivity index is 1.83. The third-order valence-corrected chi connectivity index (χ3v) is 4.44.